The van der Waals surface area contributed by atoms with E-state index in [1.165, 1.54) is 13.0 Å². The molecule has 0 aromatic carbocycles. The van der Waals surface area contributed by atoms with Crippen LogP contribution in [-0.2, 0) is 14.9 Å². The molecule has 0 aliphatic rings. The SMILES string of the molecule is C=CCOC(C(C)O)S(=O)(=O)[O-].[K+]. The number of ether oxygens (including phenoxy) is 1. The summed E-state index contributed by atoms with van der Waals surface area (Å²) in [6.45, 7) is 4.35. The maximum absolute atomic E-state index is 10.4. The van der Waals surface area contributed by atoms with Gasteiger partial charge in [-0.3, -0.25) is 0 Å². The van der Waals surface area contributed by atoms with Gasteiger partial charge in [-0.05, 0) is 6.92 Å². The summed E-state index contributed by atoms with van der Waals surface area (Å²) in [6.07, 6.45) is -0.0481. The van der Waals surface area contributed by atoms with Crippen molar-refractivity contribution in [3.8, 4) is 0 Å². The Morgan fingerprint density at radius 2 is 2.15 bits per heavy atom. The van der Waals surface area contributed by atoms with Crippen LogP contribution in [0.1, 0.15) is 6.92 Å². The monoisotopic (exact) mass is 234 g/mol. The second-order valence-electron chi connectivity index (χ2n) is 2.22. The fourth-order valence-corrected chi connectivity index (χ4v) is 1.35. The molecule has 1 N–H and O–H groups in total. The molecule has 0 aromatic rings. The molecule has 0 aliphatic heterocycles. The van der Waals surface area contributed by atoms with Gasteiger partial charge in [0.1, 0.15) is 10.1 Å². The minimum Gasteiger partial charge on any atom is -0.746 e. The molecule has 0 aromatic heterocycles. The molecule has 0 saturated carbocycles. The molecule has 0 bridgehead atoms. The van der Waals surface area contributed by atoms with E-state index < -0.39 is 21.7 Å². The van der Waals surface area contributed by atoms with E-state index in [1.807, 2.05) is 0 Å². The van der Waals surface area contributed by atoms with Crippen molar-refractivity contribution in [3.05, 3.63) is 12.7 Å². The second kappa shape index (κ2) is 7.49. The van der Waals surface area contributed by atoms with E-state index in [1.54, 1.807) is 0 Å². The topological polar surface area (TPSA) is 86.7 Å². The van der Waals surface area contributed by atoms with Gasteiger partial charge in [-0.25, -0.2) is 8.42 Å². The number of hydrogen-bond donors (Lipinski definition) is 1. The Labute approximate surface area is 120 Å². The molecule has 0 fully saturated rings. The quantitative estimate of drug-likeness (QED) is 0.302. The van der Waals surface area contributed by atoms with Crippen LogP contribution in [0.4, 0.5) is 0 Å². The Balaban J connectivity index is 0. The smallest absolute Gasteiger partial charge is 0.746 e. The molecule has 0 rings (SSSR count). The Kier molecular flexibility index (Phi) is 9.58. The van der Waals surface area contributed by atoms with Crippen LogP contribution in [-0.4, -0.2) is 36.2 Å². The van der Waals surface area contributed by atoms with Gasteiger partial charge in [0.15, 0.2) is 5.44 Å². The van der Waals surface area contributed by atoms with Gasteiger partial charge < -0.3 is 14.4 Å². The van der Waals surface area contributed by atoms with E-state index in [4.69, 9.17) is 5.11 Å². The van der Waals surface area contributed by atoms with Gasteiger partial charge in [0.05, 0.1) is 12.7 Å². The second-order valence-corrected chi connectivity index (χ2v) is 3.67. The minimum absolute atomic E-state index is 0. The molecule has 0 radical (unpaired) electrons. The zero-order valence-corrected chi connectivity index (χ0v) is 11.6. The van der Waals surface area contributed by atoms with Crippen LogP contribution in [0.5, 0.6) is 0 Å². The van der Waals surface area contributed by atoms with E-state index in [-0.39, 0.29) is 58.0 Å². The summed E-state index contributed by atoms with van der Waals surface area (Å²) < 4.78 is 35.8. The summed E-state index contributed by atoms with van der Waals surface area (Å²) in [5, 5.41) is 8.84. The predicted molar refractivity (Wildman–Crippen MR) is 41.3 cm³/mol. The van der Waals surface area contributed by atoms with Crippen LogP contribution in [0.15, 0.2) is 12.7 Å². The molecule has 2 atom stereocenters. The van der Waals surface area contributed by atoms with Gasteiger partial charge in [0, 0.05) is 0 Å². The molecule has 5 nitrogen and oxygen atoms in total. The van der Waals surface area contributed by atoms with Crippen molar-refractivity contribution in [3.63, 3.8) is 0 Å². The summed E-state index contributed by atoms with van der Waals surface area (Å²) in [7, 11) is -4.61. The van der Waals surface area contributed by atoms with Crippen molar-refractivity contribution in [1.82, 2.24) is 0 Å². The Bertz CT molecular complexity index is 235. The third-order valence-corrected chi connectivity index (χ3v) is 2.16. The largest absolute Gasteiger partial charge is 1.00 e. The summed E-state index contributed by atoms with van der Waals surface area (Å²) in [5.41, 5.74) is -1.71. The fraction of sp³-hybridized carbons (Fsp3) is 0.667. The third-order valence-electron chi connectivity index (χ3n) is 1.06. The van der Waals surface area contributed by atoms with Crippen LogP contribution in [0, 0.1) is 0 Å². The van der Waals surface area contributed by atoms with Crippen molar-refractivity contribution in [2.45, 2.75) is 18.5 Å². The zero-order chi connectivity index (χ0) is 9.78. The molecule has 13 heavy (non-hydrogen) atoms. The number of aliphatic hydroxyl groups is 1. The Morgan fingerprint density at radius 1 is 1.69 bits per heavy atom. The zero-order valence-electron chi connectivity index (χ0n) is 7.63. The third kappa shape index (κ3) is 7.17. The van der Waals surface area contributed by atoms with E-state index in [2.05, 4.69) is 11.3 Å². The van der Waals surface area contributed by atoms with Crippen LogP contribution < -0.4 is 51.4 Å². The summed E-state index contributed by atoms with van der Waals surface area (Å²) in [4.78, 5) is 0. The van der Waals surface area contributed by atoms with Crippen molar-refractivity contribution >= 4 is 10.1 Å². The normalized spacial score (nSPS) is 15.6. The molecule has 72 valence electrons. The van der Waals surface area contributed by atoms with Crippen LogP contribution in [0.25, 0.3) is 0 Å². The summed E-state index contributed by atoms with van der Waals surface area (Å²) >= 11 is 0. The first-order chi connectivity index (χ1) is 5.39. The standard InChI is InChI=1S/C6H12O5S.K/c1-3-4-11-6(5(2)7)12(8,9)10;/h3,5-7H,1,4H2,2H3,(H,8,9,10);/q;+1/p-1. The van der Waals surface area contributed by atoms with Gasteiger partial charge in [-0.15, -0.1) is 6.58 Å². The van der Waals surface area contributed by atoms with Crippen LogP contribution in [0.3, 0.4) is 0 Å². The fourth-order valence-electron chi connectivity index (χ4n) is 0.627. The maximum Gasteiger partial charge on any atom is 1.00 e. The number of hydrogen-bond acceptors (Lipinski definition) is 5. The molecular formula is C6H11KO5S. The van der Waals surface area contributed by atoms with Gasteiger partial charge in [0.2, 0.25) is 0 Å². The van der Waals surface area contributed by atoms with Crippen molar-refractivity contribution in [1.29, 1.82) is 0 Å². The van der Waals surface area contributed by atoms with Gasteiger partial charge in [-0.1, -0.05) is 6.08 Å². The minimum atomic E-state index is -4.61. The first-order valence-electron chi connectivity index (χ1n) is 3.25. The molecule has 0 spiro atoms. The van der Waals surface area contributed by atoms with Crippen molar-refractivity contribution in [2.75, 3.05) is 6.61 Å². The first-order valence-corrected chi connectivity index (χ1v) is 4.72. The molecule has 0 aliphatic carbocycles. The van der Waals surface area contributed by atoms with Gasteiger partial charge >= 0.3 is 51.4 Å². The van der Waals surface area contributed by atoms with E-state index in [0.29, 0.717) is 0 Å². The average molecular weight is 234 g/mol. The van der Waals surface area contributed by atoms with E-state index in [9.17, 15) is 13.0 Å². The van der Waals surface area contributed by atoms with E-state index >= 15 is 0 Å². The predicted octanol–water partition coefficient (Wildman–Crippen LogP) is -3.55. The molecule has 0 heterocycles. The van der Waals surface area contributed by atoms with Crippen molar-refractivity contribution in [2.24, 2.45) is 0 Å². The summed E-state index contributed by atoms with van der Waals surface area (Å²) in [6, 6.07) is 0. The Hall–Kier alpha value is 1.21. The first kappa shape index (κ1) is 16.6. The molecular weight excluding hydrogens is 223 g/mol. The number of rotatable bonds is 5. The summed E-state index contributed by atoms with van der Waals surface area (Å²) in [5.74, 6) is 0. The van der Waals surface area contributed by atoms with Crippen LogP contribution in [0.2, 0.25) is 0 Å². The van der Waals surface area contributed by atoms with E-state index in [0.717, 1.165) is 0 Å². The number of aliphatic hydroxyl groups excluding tert-OH is 1. The van der Waals surface area contributed by atoms with Crippen molar-refractivity contribution < 1.29 is 74.2 Å². The molecule has 2 unspecified atom stereocenters. The van der Waals surface area contributed by atoms with Crippen LogP contribution >= 0.6 is 0 Å². The molecule has 7 heteroatoms. The van der Waals surface area contributed by atoms with Gasteiger partial charge in [-0.2, -0.15) is 0 Å². The average Bonchev–Trinajstić information content (AvgIpc) is 1.84. The Morgan fingerprint density at radius 3 is 2.38 bits per heavy atom. The maximum atomic E-state index is 10.4. The molecule has 0 saturated heterocycles. The van der Waals surface area contributed by atoms with Gasteiger partial charge in [0.25, 0.3) is 0 Å². The molecule has 0 amide bonds.